The van der Waals surface area contributed by atoms with E-state index in [1.165, 1.54) is 12.8 Å². The summed E-state index contributed by atoms with van der Waals surface area (Å²) < 4.78 is 16.3. The van der Waals surface area contributed by atoms with Gasteiger partial charge in [0.15, 0.2) is 0 Å². The molecule has 4 heteroatoms. The molecule has 1 aromatic rings. The molecular formula is C18H26O4. The molecule has 1 aliphatic rings. The maximum atomic E-state index is 12.4. The second-order valence-corrected chi connectivity index (χ2v) is 5.83. The van der Waals surface area contributed by atoms with Crippen LogP contribution in [0.1, 0.15) is 44.1 Å². The van der Waals surface area contributed by atoms with Gasteiger partial charge in [-0.2, -0.15) is 0 Å². The van der Waals surface area contributed by atoms with Crippen LogP contribution in [0.2, 0.25) is 0 Å². The highest BCUT2D eigenvalue weighted by Crippen LogP contribution is 2.37. The highest BCUT2D eigenvalue weighted by atomic mass is 16.5. The van der Waals surface area contributed by atoms with Gasteiger partial charge in [0.1, 0.15) is 23.0 Å². The number of benzene rings is 1. The molecule has 0 spiro atoms. The van der Waals surface area contributed by atoms with Crippen LogP contribution in [-0.2, 0) is 11.2 Å². The molecule has 1 unspecified atom stereocenters. The summed E-state index contributed by atoms with van der Waals surface area (Å²) in [5.41, 5.74) is 0.963. The largest absolute Gasteiger partial charge is 0.496 e. The van der Waals surface area contributed by atoms with Crippen LogP contribution < -0.4 is 14.2 Å². The lowest BCUT2D eigenvalue weighted by Crippen LogP contribution is -2.19. The smallest absolute Gasteiger partial charge is 0.136 e. The van der Waals surface area contributed by atoms with Crippen molar-refractivity contribution in [3.05, 3.63) is 17.7 Å². The van der Waals surface area contributed by atoms with E-state index in [2.05, 4.69) is 0 Å². The van der Waals surface area contributed by atoms with Crippen LogP contribution in [0.5, 0.6) is 17.2 Å². The van der Waals surface area contributed by atoms with Crippen LogP contribution in [-0.4, -0.2) is 27.1 Å². The minimum absolute atomic E-state index is 0.0662. The van der Waals surface area contributed by atoms with Crippen molar-refractivity contribution in [2.24, 2.45) is 5.92 Å². The van der Waals surface area contributed by atoms with Gasteiger partial charge in [-0.25, -0.2) is 0 Å². The zero-order chi connectivity index (χ0) is 15.9. The van der Waals surface area contributed by atoms with Gasteiger partial charge in [-0.3, -0.25) is 4.79 Å². The molecule has 2 rings (SSSR count). The standard InChI is InChI=1S/C18H26O4/c1-20-14-11-17(21-2)15(18(12-14)22-3)10-13-8-6-4-5-7-9-16(13)19/h11-13H,4-10H2,1-3H3. The average Bonchev–Trinajstić information content (AvgIpc) is 2.54. The molecule has 4 nitrogen and oxygen atoms in total. The van der Waals surface area contributed by atoms with Crippen molar-refractivity contribution in [2.45, 2.75) is 44.9 Å². The molecule has 0 saturated heterocycles. The Bertz CT molecular complexity index is 485. The minimum atomic E-state index is 0.0662. The second kappa shape index (κ2) is 8.06. The molecule has 0 bridgehead atoms. The van der Waals surface area contributed by atoms with E-state index >= 15 is 0 Å². The van der Waals surface area contributed by atoms with E-state index < -0.39 is 0 Å². The lowest BCUT2D eigenvalue weighted by atomic mass is 9.85. The molecule has 0 aliphatic heterocycles. The summed E-state index contributed by atoms with van der Waals surface area (Å²) in [5.74, 6) is 2.59. The molecule has 22 heavy (non-hydrogen) atoms. The SMILES string of the molecule is COc1cc(OC)c(CC2CCCCCCC2=O)c(OC)c1. The molecule has 1 saturated carbocycles. The van der Waals surface area contributed by atoms with E-state index in [-0.39, 0.29) is 5.92 Å². The first-order valence-corrected chi connectivity index (χ1v) is 8.01. The van der Waals surface area contributed by atoms with Crippen molar-refractivity contribution >= 4 is 5.78 Å². The molecule has 122 valence electrons. The fourth-order valence-corrected chi connectivity index (χ4v) is 3.15. The summed E-state index contributed by atoms with van der Waals surface area (Å²) in [5, 5.41) is 0. The third-order valence-electron chi connectivity index (χ3n) is 4.45. The molecule has 1 fully saturated rings. The lowest BCUT2D eigenvalue weighted by molar-refractivity contribution is -0.123. The van der Waals surface area contributed by atoms with Crippen molar-refractivity contribution in [3.63, 3.8) is 0 Å². The summed E-state index contributed by atoms with van der Waals surface area (Å²) in [7, 11) is 4.89. The zero-order valence-electron chi connectivity index (χ0n) is 13.8. The van der Waals surface area contributed by atoms with E-state index in [0.717, 1.165) is 36.3 Å². The van der Waals surface area contributed by atoms with Crippen molar-refractivity contribution in [3.8, 4) is 17.2 Å². The maximum absolute atomic E-state index is 12.4. The fourth-order valence-electron chi connectivity index (χ4n) is 3.15. The van der Waals surface area contributed by atoms with Gasteiger partial charge >= 0.3 is 0 Å². The monoisotopic (exact) mass is 306 g/mol. The summed E-state index contributed by atoms with van der Waals surface area (Å²) in [6.45, 7) is 0. The van der Waals surface area contributed by atoms with Crippen molar-refractivity contribution < 1.29 is 19.0 Å². The highest BCUT2D eigenvalue weighted by molar-refractivity contribution is 5.81. The molecule has 0 N–H and O–H groups in total. The van der Waals surface area contributed by atoms with Crippen molar-refractivity contribution in [2.75, 3.05) is 21.3 Å². The number of carbonyl (C=O) groups excluding carboxylic acids is 1. The molecule has 0 amide bonds. The van der Waals surface area contributed by atoms with E-state index in [1.807, 2.05) is 12.1 Å². The number of methoxy groups -OCH3 is 3. The van der Waals surface area contributed by atoms with Gasteiger partial charge in [0.25, 0.3) is 0 Å². The Morgan fingerprint density at radius 2 is 1.59 bits per heavy atom. The van der Waals surface area contributed by atoms with E-state index in [4.69, 9.17) is 14.2 Å². The van der Waals surface area contributed by atoms with Gasteiger partial charge in [-0.15, -0.1) is 0 Å². The van der Waals surface area contributed by atoms with Crippen LogP contribution in [0, 0.1) is 5.92 Å². The van der Waals surface area contributed by atoms with Gasteiger partial charge in [-0.05, 0) is 19.3 Å². The van der Waals surface area contributed by atoms with Crippen LogP contribution in [0.25, 0.3) is 0 Å². The summed E-state index contributed by atoms with van der Waals surface area (Å²) >= 11 is 0. The number of ether oxygens (including phenoxy) is 3. The van der Waals surface area contributed by atoms with Gasteiger partial charge in [0.05, 0.1) is 21.3 Å². The minimum Gasteiger partial charge on any atom is -0.496 e. The molecule has 1 aromatic carbocycles. The second-order valence-electron chi connectivity index (χ2n) is 5.83. The fraction of sp³-hybridized carbons (Fsp3) is 0.611. The quantitative estimate of drug-likeness (QED) is 0.830. The number of ketones is 1. The third-order valence-corrected chi connectivity index (χ3v) is 4.45. The van der Waals surface area contributed by atoms with Gasteiger partial charge in [-0.1, -0.05) is 19.3 Å². The van der Waals surface area contributed by atoms with E-state index in [9.17, 15) is 4.79 Å². The van der Waals surface area contributed by atoms with Gasteiger partial charge < -0.3 is 14.2 Å². The highest BCUT2D eigenvalue weighted by Gasteiger charge is 2.24. The Morgan fingerprint density at radius 3 is 2.18 bits per heavy atom. The number of Topliss-reactive ketones (excluding diaryl/α,β-unsaturated/α-hetero) is 1. The molecular weight excluding hydrogens is 280 g/mol. The Balaban J connectivity index is 2.27. The zero-order valence-corrected chi connectivity index (χ0v) is 13.8. The van der Waals surface area contributed by atoms with Gasteiger partial charge in [0.2, 0.25) is 0 Å². The summed E-state index contributed by atoms with van der Waals surface area (Å²) in [6.07, 6.45) is 6.87. The topological polar surface area (TPSA) is 44.8 Å². The number of hydrogen-bond acceptors (Lipinski definition) is 4. The summed E-state index contributed by atoms with van der Waals surface area (Å²) in [6, 6.07) is 3.70. The van der Waals surface area contributed by atoms with Crippen LogP contribution in [0.15, 0.2) is 12.1 Å². The molecule has 0 radical (unpaired) electrons. The maximum Gasteiger partial charge on any atom is 0.136 e. The Hall–Kier alpha value is -1.71. The van der Waals surface area contributed by atoms with Gasteiger partial charge in [0, 0.05) is 30.0 Å². The van der Waals surface area contributed by atoms with E-state index in [1.54, 1.807) is 21.3 Å². The van der Waals surface area contributed by atoms with E-state index in [0.29, 0.717) is 24.4 Å². The first-order chi connectivity index (χ1) is 10.7. The Morgan fingerprint density at radius 1 is 0.955 bits per heavy atom. The van der Waals surface area contributed by atoms with Crippen LogP contribution in [0.4, 0.5) is 0 Å². The molecule has 0 heterocycles. The predicted molar refractivity (Wildman–Crippen MR) is 86.0 cm³/mol. The number of carbonyl (C=O) groups is 1. The normalized spacial score (nSPS) is 19.2. The molecule has 0 aromatic heterocycles. The first-order valence-electron chi connectivity index (χ1n) is 8.01. The van der Waals surface area contributed by atoms with Crippen LogP contribution in [0.3, 0.4) is 0 Å². The van der Waals surface area contributed by atoms with Crippen LogP contribution >= 0.6 is 0 Å². The number of rotatable bonds is 5. The molecule has 1 aliphatic carbocycles. The Labute approximate surface area is 132 Å². The third kappa shape index (κ3) is 3.93. The number of hydrogen-bond donors (Lipinski definition) is 0. The predicted octanol–water partition coefficient (Wildman–Crippen LogP) is 3.79. The Kier molecular flexibility index (Phi) is 6.10. The summed E-state index contributed by atoms with van der Waals surface area (Å²) in [4.78, 5) is 12.4. The van der Waals surface area contributed by atoms with Crippen molar-refractivity contribution in [1.29, 1.82) is 0 Å². The average molecular weight is 306 g/mol. The molecule has 1 atom stereocenters. The first kappa shape index (κ1) is 16.7. The lowest BCUT2D eigenvalue weighted by Gasteiger charge is -2.21. The van der Waals surface area contributed by atoms with Crippen molar-refractivity contribution in [1.82, 2.24) is 0 Å².